The minimum Gasteiger partial charge on any atom is -0.502 e. The first-order valence-electron chi connectivity index (χ1n) is 10.8. The Bertz CT molecular complexity index is 1220. The molecule has 3 aromatic rings. The number of hydrogen-bond acceptors (Lipinski definition) is 8. The van der Waals surface area contributed by atoms with Crippen LogP contribution in [0.25, 0.3) is 6.08 Å². The lowest BCUT2D eigenvalue weighted by atomic mass is 10.1. The number of carbonyl (C=O) groups excluding carboxylic acids is 1. The first-order valence-corrected chi connectivity index (χ1v) is 11.8. The molecule has 0 aliphatic rings. The Hall–Kier alpha value is -3.92. The van der Waals surface area contributed by atoms with E-state index in [2.05, 4.69) is 15.3 Å². The summed E-state index contributed by atoms with van der Waals surface area (Å²) in [6.07, 6.45) is 4.35. The molecule has 0 spiro atoms. The van der Waals surface area contributed by atoms with Crippen LogP contribution in [0.4, 0.5) is 0 Å². The SMILES string of the molecule is COc1cc(CCNC(=O)CSc2nc(=O)c(C/C=C/c3ccccc3)c(O)[nH]2)cc(OC)c1O. The van der Waals surface area contributed by atoms with Gasteiger partial charge in [-0.05, 0) is 29.7 Å². The van der Waals surface area contributed by atoms with Crippen molar-refractivity contribution in [1.29, 1.82) is 0 Å². The molecular weight excluding hydrogens is 470 g/mol. The number of thioether (sulfide) groups is 1. The minimum absolute atomic E-state index is 0.0118. The van der Waals surface area contributed by atoms with Crippen molar-refractivity contribution in [3.63, 3.8) is 0 Å². The molecule has 0 atom stereocenters. The number of phenolic OH excluding ortho intramolecular Hbond substituents is 1. The molecule has 1 amide bonds. The van der Waals surface area contributed by atoms with Crippen LogP contribution in [0.5, 0.6) is 23.1 Å². The number of amides is 1. The molecule has 0 fully saturated rings. The zero-order valence-electron chi connectivity index (χ0n) is 19.4. The Labute approximate surface area is 206 Å². The van der Waals surface area contributed by atoms with E-state index >= 15 is 0 Å². The number of methoxy groups -OCH3 is 2. The zero-order valence-corrected chi connectivity index (χ0v) is 20.2. The molecule has 4 N–H and O–H groups in total. The standard InChI is InChI=1S/C25H27N3O6S/c1-33-19-13-17(14-20(34-2)22(19)30)11-12-26-21(29)15-35-25-27-23(31)18(24(32)28-25)10-6-9-16-7-4-3-5-8-16/h3-9,13-14,30H,10-12,15H2,1-2H3,(H,26,29)(H2,27,28,31,32)/b9-6+. The summed E-state index contributed by atoms with van der Waals surface area (Å²) in [6.45, 7) is 0.346. The number of aromatic amines is 1. The number of carbonyl (C=O) groups is 1. The Morgan fingerprint density at radius 1 is 1.14 bits per heavy atom. The second-order valence-electron chi connectivity index (χ2n) is 7.43. The van der Waals surface area contributed by atoms with Gasteiger partial charge in [0.1, 0.15) is 0 Å². The molecule has 35 heavy (non-hydrogen) atoms. The normalized spacial score (nSPS) is 10.9. The third-order valence-electron chi connectivity index (χ3n) is 5.02. The maximum Gasteiger partial charge on any atom is 0.281 e. The lowest BCUT2D eigenvalue weighted by molar-refractivity contribution is -0.118. The van der Waals surface area contributed by atoms with Gasteiger partial charge >= 0.3 is 0 Å². The van der Waals surface area contributed by atoms with Gasteiger partial charge in [-0.25, -0.2) is 0 Å². The van der Waals surface area contributed by atoms with E-state index in [1.54, 1.807) is 18.2 Å². The number of benzene rings is 2. The summed E-state index contributed by atoms with van der Waals surface area (Å²) in [5.74, 6) is -0.0180. The molecule has 2 aromatic carbocycles. The lowest BCUT2D eigenvalue weighted by Crippen LogP contribution is -2.27. The van der Waals surface area contributed by atoms with E-state index in [0.29, 0.717) is 13.0 Å². The van der Waals surface area contributed by atoms with Crippen molar-refractivity contribution in [2.45, 2.75) is 18.0 Å². The van der Waals surface area contributed by atoms with Crippen LogP contribution >= 0.6 is 11.8 Å². The van der Waals surface area contributed by atoms with Gasteiger partial charge in [0.25, 0.3) is 5.56 Å². The van der Waals surface area contributed by atoms with Gasteiger partial charge < -0.3 is 30.0 Å². The Kier molecular flexibility index (Phi) is 9.19. The molecule has 0 aliphatic carbocycles. The molecule has 3 rings (SSSR count). The molecule has 1 aromatic heterocycles. The molecule has 184 valence electrons. The summed E-state index contributed by atoms with van der Waals surface area (Å²) in [7, 11) is 2.89. The number of rotatable bonds is 11. The number of aromatic hydroxyl groups is 2. The third-order valence-corrected chi connectivity index (χ3v) is 5.89. The van der Waals surface area contributed by atoms with Gasteiger partial charge in [-0.15, -0.1) is 0 Å². The summed E-state index contributed by atoms with van der Waals surface area (Å²) in [4.78, 5) is 31.1. The Balaban J connectivity index is 1.50. The van der Waals surface area contributed by atoms with Crippen LogP contribution in [0.2, 0.25) is 0 Å². The number of phenols is 1. The number of hydrogen-bond donors (Lipinski definition) is 4. The van der Waals surface area contributed by atoms with Gasteiger partial charge in [-0.1, -0.05) is 54.2 Å². The summed E-state index contributed by atoms with van der Waals surface area (Å²) < 4.78 is 10.3. The summed E-state index contributed by atoms with van der Waals surface area (Å²) >= 11 is 1.02. The number of nitrogens with one attached hydrogen (secondary N) is 2. The topological polar surface area (TPSA) is 134 Å². The number of allylic oxidation sites excluding steroid dienone is 1. The van der Waals surface area contributed by atoms with Crippen LogP contribution in [0, 0.1) is 0 Å². The minimum atomic E-state index is -0.544. The summed E-state index contributed by atoms with van der Waals surface area (Å²) in [5, 5.41) is 23.1. The second kappa shape index (κ2) is 12.5. The van der Waals surface area contributed by atoms with Crippen molar-refractivity contribution in [1.82, 2.24) is 15.3 Å². The molecule has 0 aliphatic heterocycles. The Morgan fingerprint density at radius 2 is 1.83 bits per heavy atom. The fraction of sp³-hybridized carbons (Fsp3) is 0.240. The fourth-order valence-corrected chi connectivity index (χ4v) is 3.90. The van der Waals surface area contributed by atoms with E-state index in [0.717, 1.165) is 22.9 Å². The lowest BCUT2D eigenvalue weighted by Gasteiger charge is -2.11. The smallest absolute Gasteiger partial charge is 0.281 e. The van der Waals surface area contributed by atoms with E-state index in [4.69, 9.17) is 9.47 Å². The molecule has 9 nitrogen and oxygen atoms in total. The van der Waals surface area contributed by atoms with E-state index < -0.39 is 5.56 Å². The molecule has 10 heteroatoms. The first kappa shape index (κ1) is 25.7. The Morgan fingerprint density at radius 3 is 2.46 bits per heavy atom. The first-order chi connectivity index (χ1) is 16.9. The molecule has 0 saturated carbocycles. The van der Waals surface area contributed by atoms with Gasteiger partial charge in [-0.3, -0.25) is 9.59 Å². The predicted molar refractivity (Wildman–Crippen MR) is 134 cm³/mol. The molecule has 1 heterocycles. The molecular formula is C25H27N3O6S. The van der Waals surface area contributed by atoms with Crippen LogP contribution in [-0.4, -0.2) is 52.6 Å². The van der Waals surface area contributed by atoms with Crippen LogP contribution in [0.1, 0.15) is 16.7 Å². The predicted octanol–water partition coefficient (Wildman–Crippen LogP) is 2.91. The average molecular weight is 498 g/mol. The van der Waals surface area contributed by atoms with Gasteiger partial charge in [0.05, 0.1) is 25.5 Å². The van der Waals surface area contributed by atoms with Crippen molar-refractivity contribution < 1.29 is 24.5 Å². The number of H-pyrrole nitrogens is 1. The van der Waals surface area contributed by atoms with Crippen LogP contribution < -0.4 is 20.3 Å². The second-order valence-corrected chi connectivity index (χ2v) is 8.39. The van der Waals surface area contributed by atoms with E-state index in [9.17, 15) is 19.8 Å². The highest BCUT2D eigenvalue weighted by atomic mass is 32.2. The van der Waals surface area contributed by atoms with Crippen molar-refractivity contribution in [3.05, 3.63) is 75.6 Å². The van der Waals surface area contributed by atoms with Crippen LogP contribution in [0.15, 0.2) is 58.5 Å². The van der Waals surface area contributed by atoms with Crippen molar-refractivity contribution in [2.24, 2.45) is 0 Å². The van der Waals surface area contributed by atoms with Gasteiger partial charge in [0, 0.05) is 13.0 Å². The highest BCUT2D eigenvalue weighted by molar-refractivity contribution is 7.99. The van der Waals surface area contributed by atoms with Crippen LogP contribution in [0.3, 0.4) is 0 Å². The third kappa shape index (κ3) is 7.28. The molecule has 0 unspecified atom stereocenters. The van der Waals surface area contributed by atoms with E-state index in [-0.39, 0.29) is 51.9 Å². The largest absolute Gasteiger partial charge is 0.502 e. The van der Waals surface area contributed by atoms with Crippen LogP contribution in [-0.2, 0) is 17.6 Å². The van der Waals surface area contributed by atoms with Crippen molar-refractivity contribution >= 4 is 23.7 Å². The van der Waals surface area contributed by atoms with Gasteiger partial charge in [0.2, 0.25) is 11.7 Å². The van der Waals surface area contributed by atoms with E-state index in [1.165, 1.54) is 14.2 Å². The zero-order chi connectivity index (χ0) is 25.2. The number of ether oxygens (including phenoxy) is 2. The molecule has 0 saturated heterocycles. The monoisotopic (exact) mass is 497 g/mol. The van der Waals surface area contributed by atoms with Gasteiger partial charge in [0.15, 0.2) is 22.5 Å². The fourth-order valence-electron chi connectivity index (χ4n) is 3.22. The highest BCUT2D eigenvalue weighted by Gasteiger charge is 2.13. The average Bonchev–Trinajstić information content (AvgIpc) is 2.85. The van der Waals surface area contributed by atoms with Gasteiger partial charge in [-0.2, -0.15) is 4.98 Å². The quantitative estimate of drug-likeness (QED) is 0.235. The number of nitrogens with zero attached hydrogens (tertiary/aromatic N) is 1. The molecule has 0 bridgehead atoms. The summed E-state index contributed by atoms with van der Waals surface area (Å²) in [5.41, 5.74) is 1.42. The maximum atomic E-state index is 12.3. The van der Waals surface area contributed by atoms with E-state index in [1.807, 2.05) is 36.4 Å². The molecule has 0 radical (unpaired) electrons. The number of aromatic nitrogens is 2. The summed E-state index contributed by atoms with van der Waals surface area (Å²) in [6, 6.07) is 13.0. The highest BCUT2D eigenvalue weighted by Crippen LogP contribution is 2.37. The maximum absolute atomic E-state index is 12.3. The van der Waals surface area contributed by atoms with Crippen molar-refractivity contribution in [2.75, 3.05) is 26.5 Å². The van der Waals surface area contributed by atoms with Crippen molar-refractivity contribution in [3.8, 4) is 23.1 Å².